The van der Waals surface area contributed by atoms with Crippen LogP contribution in [0.1, 0.15) is 44.0 Å². The average molecular weight is 511 g/mol. The van der Waals surface area contributed by atoms with Crippen molar-refractivity contribution in [2.45, 2.75) is 44.4 Å². The highest BCUT2D eigenvalue weighted by atomic mass is 32.2. The summed E-state index contributed by atoms with van der Waals surface area (Å²) >= 11 is 1.36. The zero-order valence-electron chi connectivity index (χ0n) is 20.1. The van der Waals surface area contributed by atoms with Crippen LogP contribution in [-0.4, -0.2) is 20.7 Å². The molecule has 0 spiro atoms. The number of amides is 1. The van der Waals surface area contributed by atoms with Gasteiger partial charge in [0.1, 0.15) is 0 Å². The van der Waals surface area contributed by atoms with E-state index in [0.29, 0.717) is 22.3 Å². The largest absolute Gasteiger partial charge is 0.416 e. The van der Waals surface area contributed by atoms with E-state index in [1.54, 1.807) is 6.07 Å². The van der Waals surface area contributed by atoms with Crippen LogP contribution < -0.4 is 5.32 Å². The fraction of sp³-hybridized carbons (Fsp3) is 0.222. The van der Waals surface area contributed by atoms with Gasteiger partial charge in [-0.25, -0.2) is 0 Å². The van der Waals surface area contributed by atoms with E-state index in [2.05, 4.69) is 15.5 Å². The lowest BCUT2D eigenvalue weighted by atomic mass is 10.1. The Bertz CT molecular complexity index is 1380. The summed E-state index contributed by atoms with van der Waals surface area (Å²) in [5.74, 6) is 0.750. The van der Waals surface area contributed by atoms with Crippen molar-refractivity contribution in [1.29, 1.82) is 0 Å². The van der Waals surface area contributed by atoms with Crippen molar-refractivity contribution in [2.24, 2.45) is 0 Å². The highest BCUT2D eigenvalue weighted by molar-refractivity contribution is 7.98. The molecule has 0 bridgehead atoms. The average Bonchev–Trinajstić information content (AvgIpc) is 3.25. The number of hydrogen-bond acceptors (Lipinski definition) is 4. The van der Waals surface area contributed by atoms with E-state index in [0.717, 1.165) is 40.1 Å². The van der Waals surface area contributed by atoms with Gasteiger partial charge >= 0.3 is 6.18 Å². The van der Waals surface area contributed by atoms with Gasteiger partial charge in [0.15, 0.2) is 11.0 Å². The third-order valence-corrected chi connectivity index (χ3v) is 6.79. The molecule has 4 aromatic rings. The first-order valence-corrected chi connectivity index (χ1v) is 12.3. The molecule has 0 unspecified atom stereocenters. The number of carbonyl (C=O) groups excluding carboxylic acids is 1. The molecule has 0 aliphatic heterocycles. The lowest BCUT2D eigenvalue weighted by Gasteiger charge is -2.12. The molecule has 0 fully saturated rings. The Morgan fingerprint density at radius 2 is 1.69 bits per heavy atom. The summed E-state index contributed by atoms with van der Waals surface area (Å²) in [7, 11) is 0. The Morgan fingerprint density at radius 1 is 0.944 bits per heavy atom. The molecule has 1 heterocycles. The minimum atomic E-state index is -4.37. The van der Waals surface area contributed by atoms with Gasteiger partial charge in [-0.2, -0.15) is 13.2 Å². The maximum Gasteiger partial charge on any atom is 0.416 e. The molecule has 0 atom stereocenters. The van der Waals surface area contributed by atoms with Crippen LogP contribution in [0.2, 0.25) is 0 Å². The lowest BCUT2D eigenvalue weighted by Crippen LogP contribution is -2.24. The van der Waals surface area contributed by atoms with Gasteiger partial charge in [-0.3, -0.25) is 9.36 Å². The van der Waals surface area contributed by atoms with Crippen LogP contribution in [-0.2, 0) is 18.5 Å². The number of halogens is 3. The molecule has 1 aromatic heterocycles. The smallest absolute Gasteiger partial charge is 0.345 e. The van der Waals surface area contributed by atoms with E-state index in [9.17, 15) is 18.0 Å². The highest BCUT2D eigenvalue weighted by Gasteiger charge is 2.30. The van der Waals surface area contributed by atoms with Gasteiger partial charge in [-0.05, 0) is 79.4 Å². The number of benzene rings is 3. The van der Waals surface area contributed by atoms with E-state index in [4.69, 9.17) is 0 Å². The second-order valence-corrected chi connectivity index (χ2v) is 9.48. The van der Waals surface area contributed by atoms with Crippen molar-refractivity contribution in [2.75, 3.05) is 0 Å². The summed E-state index contributed by atoms with van der Waals surface area (Å²) in [6, 6.07) is 18.4. The molecule has 4 rings (SSSR count). The van der Waals surface area contributed by atoms with Gasteiger partial charge in [0.05, 0.1) is 12.1 Å². The molecule has 3 aromatic carbocycles. The minimum absolute atomic E-state index is 0.160. The summed E-state index contributed by atoms with van der Waals surface area (Å²) in [5, 5.41) is 12.1. The van der Waals surface area contributed by atoms with E-state index in [-0.39, 0.29) is 12.5 Å². The number of alkyl halides is 3. The van der Waals surface area contributed by atoms with Crippen molar-refractivity contribution in [3.8, 4) is 5.69 Å². The first kappa shape index (κ1) is 25.5. The normalized spacial score (nSPS) is 11.5. The molecule has 9 heteroatoms. The Balaban J connectivity index is 1.55. The molecule has 0 radical (unpaired) electrons. The van der Waals surface area contributed by atoms with Gasteiger partial charge < -0.3 is 5.32 Å². The molecule has 5 nitrogen and oxygen atoms in total. The molecule has 36 heavy (non-hydrogen) atoms. The summed E-state index contributed by atoms with van der Waals surface area (Å²) in [4.78, 5) is 12.7. The maximum atomic E-state index is 12.9. The fourth-order valence-electron chi connectivity index (χ4n) is 3.62. The van der Waals surface area contributed by atoms with Crippen LogP contribution >= 0.6 is 11.8 Å². The third-order valence-electron chi connectivity index (χ3n) is 5.79. The Hall–Kier alpha value is -3.59. The van der Waals surface area contributed by atoms with E-state index >= 15 is 0 Å². The van der Waals surface area contributed by atoms with E-state index in [1.165, 1.54) is 23.9 Å². The van der Waals surface area contributed by atoms with Crippen molar-refractivity contribution in [1.82, 2.24) is 20.1 Å². The van der Waals surface area contributed by atoms with Gasteiger partial charge in [0.2, 0.25) is 0 Å². The molecule has 0 aliphatic rings. The zero-order chi connectivity index (χ0) is 25.9. The van der Waals surface area contributed by atoms with Gasteiger partial charge in [0, 0.05) is 17.0 Å². The SMILES string of the molecule is Cc1cccc(-n2c(CNC(=O)c3ccc(C)c(C)c3)nnc2SCc2ccc(C(F)(F)F)cc2)c1. The number of aryl methyl sites for hydroxylation is 3. The van der Waals surface area contributed by atoms with Crippen molar-refractivity contribution in [3.05, 3.63) is 106 Å². The maximum absolute atomic E-state index is 12.9. The Morgan fingerprint density at radius 3 is 2.36 bits per heavy atom. The van der Waals surface area contributed by atoms with Crippen molar-refractivity contribution in [3.63, 3.8) is 0 Å². The van der Waals surface area contributed by atoms with E-state index in [1.807, 2.05) is 61.7 Å². The van der Waals surface area contributed by atoms with Crippen molar-refractivity contribution >= 4 is 17.7 Å². The molecule has 0 saturated carbocycles. The predicted molar refractivity (Wildman–Crippen MR) is 134 cm³/mol. The minimum Gasteiger partial charge on any atom is -0.345 e. The summed E-state index contributed by atoms with van der Waals surface area (Å²) in [5.41, 5.74) is 4.65. The molecule has 1 N–H and O–H groups in total. The second kappa shape index (κ2) is 10.6. The third kappa shape index (κ3) is 5.96. The fourth-order valence-corrected chi connectivity index (χ4v) is 4.54. The Kier molecular flexibility index (Phi) is 7.49. The summed E-state index contributed by atoms with van der Waals surface area (Å²) in [6.45, 7) is 6.09. The van der Waals surface area contributed by atoms with Gasteiger partial charge in [-0.15, -0.1) is 10.2 Å². The first-order chi connectivity index (χ1) is 17.1. The second-order valence-electron chi connectivity index (χ2n) is 8.54. The highest BCUT2D eigenvalue weighted by Crippen LogP contribution is 2.31. The Labute approximate surface area is 211 Å². The number of aromatic nitrogens is 3. The molecule has 0 saturated heterocycles. The molecular formula is C27H25F3N4OS. The predicted octanol–water partition coefficient (Wildman–Crippen LogP) is 6.43. The van der Waals surface area contributed by atoms with Crippen LogP contribution in [0, 0.1) is 20.8 Å². The molecular weight excluding hydrogens is 485 g/mol. The van der Waals surface area contributed by atoms with Gasteiger partial charge in [0.25, 0.3) is 5.91 Å². The van der Waals surface area contributed by atoms with Crippen LogP contribution in [0.4, 0.5) is 13.2 Å². The number of rotatable bonds is 7. The number of nitrogens with one attached hydrogen (secondary N) is 1. The topological polar surface area (TPSA) is 59.8 Å². The lowest BCUT2D eigenvalue weighted by molar-refractivity contribution is -0.137. The quantitative estimate of drug-likeness (QED) is 0.291. The summed E-state index contributed by atoms with van der Waals surface area (Å²) in [6.07, 6.45) is -4.37. The zero-order valence-corrected chi connectivity index (χ0v) is 20.9. The number of thioether (sulfide) groups is 1. The van der Waals surface area contributed by atoms with Crippen LogP contribution in [0.25, 0.3) is 5.69 Å². The summed E-state index contributed by atoms with van der Waals surface area (Å²) < 4.78 is 40.5. The van der Waals surface area contributed by atoms with Crippen LogP contribution in [0.5, 0.6) is 0 Å². The van der Waals surface area contributed by atoms with Crippen LogP contribution in [0.15, 0.2) is 71.9 Å². The van der Waals surface area contributed by atoms with E-state index < -0.39 is 11.7 Å². The van der Waals surface area contributed by atoms with Gasteiger partial charge in [-0.1, -0.05) is 42.1 Å². The number of nitrogens with zero attached hydrogens (tertiary/aromatic N) is 3. The number of carbonyl (C=O) groups is 1. The molecule has 1 amide bonds. The first-order valence-electron chi connectivity index (χ1n) is 11.3. The number of hydrogen-bond donors (Lipinski definition) is 1. The molecule has 186 valence electrons. The standard InChI is InChI=1S/C27H25F3N4OS/c1-17-5-4-6-23(13-17)34-24(15-31-25(35)21-10-7-18(2)19(3)14-21)32-33-26(34)36-16-20-8-11-22(12-9-20)27(28,29)30/h4-14H,15-16H2,1-3H3,(H,31,35). The van der Waals surface area contributed by atoms with Crippen molar-refractivity contribution < 1.29 is 18.0 Å². The monoisotopic (exact) mass is 510 g/mol. The molecule has 0 aliphatic carbocycles. The van der Waals surface area contributed by atoms with Crippen LogP contribution in [0.3, 0.4) is 0 Å².